The summed E-state index contributed by atoms with van der Waals surface area (Å²) >= 11 is 0. The second-order valence-corrected chi connectivity index (χ2v) is 6.90. The number of hydrogen-bond acceptors (Lipinski definition) is 3. The van der Waals surface area contributed by atoms with Gasteiger partial charge in [-0.05, 0) is 37.0 Å². The number of sulfonamides is 1. The highest BCUT2D eigenvalue weighted by atomic mass is 32.2. The Labute approximate surface area is 117 Å². The van der Waals surface area contributed by atoms with E-state index in [0.717, 1.165) is 12.1 Å². The molecule has 20 heavy (non-hydrogen) atoms. The Morgan fingerprint density at radius 2 is 2.05 bits per heavy atom. The minimum atomic E-state index is -3.85. The maximum absolute atomic E-state index is 13.2. The van der Waals surface area contributed by atoms with Crippen LogP contribution >= 0.6 is 0 Å². The van der Waals surface area contributed by atoms with Crippen molar-refractivity contribution in [1.82, 2.24) is 4.31 Å². The molecule has 0 amide bonds. The summed E-state index contributed by atoms with van der Waals surface area (Å²) in [4.78, 5) is -0.261. The van der Waals surface area contributed by atoms with Crippen LogP contribution in [0.4, 0.5) is 8.78 Å². The number of halogens is 2. The van der Waals surface area contributed by atoms with Gasteiger partial charge in [-0.25, -0.2) is 17.2 Å². The van der Waals surface area contributed by atoms with Crippen LogP contribution in [0.1, 0.15) is 19.8 Å². The average Bonchev–Trinajstić information content (AvgIpc) is 2.42. The minimum absolute atomic E-state index is 0.135. The first-order chi connectivity index (χ1) is 9.36. The van der Waals surface area contributed by atoms with Crippen LogP contribution in [-0.2, 0) is 10.0 Å². The predicted molar refractivity (Wildman–Crippen MR) is 69.5 cm³/mol. The summed E-state index contributed by atoms with van der Waals surface area (Å²) in [5.41, 5.74) is 0. The molecule has 1 saturated heterocycles. The monoisotopic (exact) mass is 305 g/mol. The maximum atomic E-state index is 13.2. The number of rotatable bonds is 3. The zero-order chi connectivity index (χ0) is 14.9. The van der Waals surface area contributed by atoms with Gasteiger partial charge in [0, 0.05) is 13.1 Å². The van der Waals surface area contributed by atoms with Gasteiger partial charge >= 0.3 is 0 Å². The lowest BCUT2D eigenvalue weighted by atomic mass is 9.94. The summed E-state index contributed by atoms with van der Waals surface area (Å²) in [6, 6.07) is 2.55. The van der Waals surface area contributed by atoms with Crippen molar-refractivity contribution in [1.29, 1.82) is 0 Å². The molecule has 0 radical (unpaired) electrons. The van der Waals surface area contributed by atoms with E-state index in [-0.39, 0.29) is 23.9 Å². The van der Waals surface area contributed by atoms with Crippen molar-refractivity contribution in [3.05, 3.63) is 29.8 Å². The topological polar surface area (TPSA) is 57.6 Å². The number of aliphatic hydroxyl groups is 1. The summed E-state index contributed by atoms with van der Waals surface area (Å²) in [5.74, 6) is -2.40. The first-order valence-electron chi connectivity index (χ1n) is 6.49. The lowest BCUT2D eigenvalue weighted by Crippen LogP contribution is -2.45. The number of benzene rings is 1. The first-order valence-corrected chi connectivity index (χ1v) is 7.93. The largest absolute Gasteiger partial charge is 0.393 e. The lowest BCUT2D eigenvalue weighted by molar-refractivity contribution is 0.0520. The molecule has 1 heterocycles. The second kappa shape index (κ2) is 5.75. The van der Waals surface area contributed by atoms with Gasteiger partial charge in [-0.3, -0.25) is 0 Å². The fourth-order valence-electron chi connectivity index (χ4n) is 2.39. The molecule has 1 aliphatic heterocycles. The summed E-state index contributed by atoms with van der Waals surface area (Å²) in [6.07, 6.45) is 0.489. The predicted octanol–water partition coefficient (Wildman–Crippen LogP) is 1.75. The molecule has 1 aromatic rings. The average molecular weight is 305 g/mol. The minimum Gasteiger partial charge on any atom is -0.393 e. The highest BCUT2D eigenvalue weighted by Crippen LogP contribution is 2.26. The van der Waals surface area contributed by atoms with E-state index in [1.165, 1.54) is 4.31 Å². The van der Waals surface area contributed by atoms with Crippen molar-refractivity contribution in [3.63, 3.8) is 0 Å². The first kappa shape index (κ1) is 15.3. The standard InChI is InChI=1S/C13H17F2NO3S/c1-2-9-8-16(6-5-13(9)17)20(18,19)10-3-4-11(14)12(15)7-10/h3-4,7,9,13,17H,2,5-6,8H2,1H3. The molecule has 2 rings (SSSR count). The van der Waals surface area contributed by atoms with Crippen molar-refractivity contribution in [2.24, 2.45) is 5.92 Å². The lowest BCUT2D eigenvalue weighted by Gasteiger charge is -2.34. The van der Waals surface area contributed by atoms with E-state index >= 15 is 0 Å². The zero-order valence-electron chi connectivity index (χ0n) is 11.1. The van der Waals surface area contributed by atoms with Crippen molar-refractivity contribution in [2.75, 3.05) is 13.1 Å². The molecule has 0 bridgehead atoms. The van der Waals surface area contributed by atoms with Gasteiger partial charge in [0.25, 0.3) is 0 Å². The molecule has 0 spiro atoms. The van der Waals surface area contributed by atoms with Gasteiger partial charge in [-0.2, -0.15) is 4.31 Å². The number of piperidine rings is 1. The molecule has 1 aromatic carbocycles. The third-order valence-electron chi connectivity index (χ3n) is 3.71. The van der Waals surface area contributed by atoms with Crippen molar-refractivity contribution in [3.8, 4) is 0 Å². The Hall–Kier alpha value is -1.05. The highest BCUT2D eigenvalue weighted by Gasteiger charge is 2.34. The summed E-state index contributed by atoms with van der Waals surface area (Å²) < 4.78 is 52.0. The molecule has 0 aliphatic carbocycles. The van der Waals surface area contributed by atoms with Crippen LogP contribution in [0.15, 0.2) is 23.1 Å². The Morgan fingerprint density at radius 1 is 1.35 bits per heavy atom. The molecule has 0 saturated carbocycles. The van der Waals surface area contributed by atoms with Crippen LogP contribution in [-0.4, -0.2) is 37.0 Å². The van der Waals surface area contributed by atoms with Crippen molar-refractivity contribution >= 4 is 10.0 Å². The molecule has 7 heteroatoms. The molecule has 1 fully saturated rings. The van der Waals surface area contributed by atoms with Gasteiger partial charge < -0.3 is 5.11 Å². The van der Waals surface area contributed by atoms with Crippen LogP contribution in [0.3, 0.4) is 0 Å². The van der Waals surface area contributed by atoms with E-state index in [4.69, 9.17) is 0 Å². The highest BCUT2D eigenvalue weighted by molar-refractivity contribution is 7.89. The molecule has 2 unspecified atom stereocenters. The number of aliphatic hydroxyl groups excluding tert-OH is 1. The van der Waals surface area contributed by atoms with Gasteiger partial charge in [-0.15, -0.1) is 0 Å². The zero-order valence-corrected chi connectivity index (χ0v) is 11.9. The molecule has 0 aromatic heterocycles. The van der Waals surface area contributed by atoms with Crippen LogP contribution in [0.5, 0.6) is 0 Å². The van der Waals surface area contributed by atoms with E-state index < -0.39 is 27.8 Å². The number of nitrogens with zero attached hydrogens (tertiary/aromatic N) is 1. The molecule has 1 aliphatic rings. The van der Waals surface area contributed by atoms with E-state index in [1.54, 1.807) is 0 Å². The van der Waals surface area contributed by atoms with Gasteiger partial charge in [-0.1, -0.05) is 6.92 Å². The summed E-state index contributed by atoms with van der Waals surface area (Å²) in [6.45, 7) is 2.25. The van der Waals surface area contributed by atoms with E-state index in [0.29, 0.717) is 18.9 Å². The quantitative estimate of drug-likeness (QED) is 0.925. The van der Waals surface area contributed by atoms with Gasteiger partial charge in [0.2, 0.25) is 10.0 Å². The van der Waals surface area contributed by atoms with Crippen LogP contribution in [0.2, 0.25) is 0 Å². The van der Waals surface area contributed by atoms with Crippen LogP contribution in [0.25, 0.3) is 0 Å². The van der Waals surface area contributed by atoms with Gasteiger partial charge in [0.1, 0.15) is 0 Å². The van der Waals surface area contributed by atoms with Crippen LogP contribution < -0.4 is 0 Å². The Kier molecular flexibility index (Phi) is 4.41. The Bertz CT molecular complexity index is 591. The fraction of sp³-hybridized carbons (Fsp3) is 0.538. The fourth-order valence-corrected chi connectivity index (χ4v) is 3.92. The maximum Gasteiger partial charge on any atom is 0.243 e. The SMILES string of the molecule is CCC1CN(S(=O)(=O)c2ccc(F)c(F)c2)CCC1O. The van der Waals surface area contributed by atoms with Crippen LogP contribution in [0, 0.1) is 17.6 Å². The third kappa shape index (κ3) is 2.84. The van der Waals surface area contributed by atoms with Crippen molar-refractivity contribution in [2.45, 2.75) is 30.8 Å². The molecular weight excluding hydrogens is 288 g/mol. The van der Waals surface area contributed by atoms with Crippen molar-refractivity contribution < 1.29 is 22.3 Å². The van der Waals surface area contributed by atoms with E-state index in [1.807, 2.05) is 6.92 Å². The normalized spacial score (nSPS) is 24.8. The van der Waals surface area contributed by atoms with Gasteiger partial charge in [0.05, 0.1) is 11.0 Å². The van der Waals surface area contributed by atoms with E-state index in [2.05, 4.69) is 0 Å². The Morgan fingerprint density at radius 3 is 2.65 bits per heavy atom. The molecule has 1 N–H and O–H groups in total. The molecule has 2 atom stereocenters. The summed E-state index contributed by atoms with van der Waals surface area (Å²) in [7, 11) is -3.85. The second-order valence-electron chi connectivity index (χ2n) is 4.96. The Balaban J connectivity index is 2.28. The number of hydrogen-bond donors (Lipinski definition) is 1. The smallest absolute Gasteiger partial charge is 0.243 e. The van der Waals surface area contributed by atoms with Gasteiger partial charge in [0.15, 0.2) is 11.6 Å². The third-order valence-corrected chi connectivity index (χ3v) is 5.57. The molecule has 4 nitrogen and oxygen atoms in total. The molecule has 112 valence electrons. The summed E-state index contributed by atoms with van der Waals surface area (Å²) in [5, 5.41) is 9.77. The molecular formula is C13H17F2NO3S. The van der Waals surface area contributed by atoms with E-state index in [9.17, 15) is 22.3 Å².